The van der Waals surface area contributed by atoms with Crippen molar-refractivity contribution in [3.8, 4) is 5.69 Å². The summed E-state index contributed by atoms with van der Waals surface area (Å²) >= 11 is 5.70. The van der Waals surface area contributed by atoms with Crippen LogP contribution in [0.4, 0.5) is 4.39 Å². The third-order valence-corrected chi connectivity index (χ3v) is 2.43. The van der Waals surface area contributed by atoms with E-state index >= 15 is 0 Å². The Hall–Kier alpha value is -1.42. The van der Waals surface area contributed by atoms with Crippen LogP contribution in [-0.4, -0.2) is 15.0 Å². The molecule has 0 unspecified atom stereocenters. The van der Waals surface area contributed by atoms with Crippen LogP contribution in [0.3, 0.4) is 0 Å². The third kappa shape index (κ3) is 1.72. The average Bonchev–Trinajstić information content (AvgIpc) is 2.65. The zero-order valence-corrected chi connectivity index (χ0v) is 8.87. The predicted molar refractivity (Wildman–Crippen MR) is 55.6 cm³/mol. The predicted octanol–water partition coefficient (Wildman–Crippen LogP) is 2.45. The van der Waals surface area contributed by atoms with Gasteiger partial charge in [-0.3, -0.25) is 0 Å². The van der Waals surface area contributed by atoms with Crippen LogP contribution in [0.5, 0.6) is 0 Å². The van der Waals surface area contributed by atoms with Crippen molar-refractivity contribution in [2.75, 3.05) is 0 Å². The number of hydrogen-bond donors (Lipinski definition) is 0. The average molecular weight is 226 g/mol. The molecule has 3 nitrogen and oxygen atoms in total. The Morgan fingerprint density at radius 3 is 2.93 bits per heavy atom. The Morgan fingerprint density at radius 2 is 2.27 bits per heavy atom. The minimum absolute atomic E-state index is 0.251. The van der Waals surface area contributed by atoms with Gasteiger partial charge in [0, 0.05) is 0 Å². The molecule has 0 spiro atoms. The largest absolute Gasteiger partial charge is 0.213 e. The van der Waals surface area contributed by atoms with Crippen molar-refractivity contribution in [3.05, 3.63) is 41.5 Å². The molecule has 0 aliphatic rings. The number of aryl methyl sites for hydroxylation is 1. The van der Waals surface area contributed by atoms with Crippen molar-refractivity contribution in [2.45, 2.75) is 12.8 Å². The summed E-state index contributed by atoms with van der Waals surface area (Å²) in [5.74, 6) is -0.0762. The van der Waals surface area contributed by atoms with Crippen LogP contribution in [0, 0.1) is 12.7 Å². The van der Waals surface area contributed by atoms with Crippen molar-refractivity contribution in [1.82, 2.24) is 15.0 Å². The topological polar surface area (TPSA) is 30.7 Å². The number of halogens is 2. The van der Waals surface area contributed by atoms with Gasteiger partial charge in [-0.25, -0.2) is 9.07 Å². The number of alkyl halides is 1. The molecule has 0 N–H and O–H groups in total. The summed E-state index contributed by atoms with van der Waals surface area (Å²) in [7, 11) is 0. The van der Waals surface area contributed by atoms with Crippen LogP contribution in [0.1, 0.15) is 11.3 Å². The standard InChI is InChI=1S/C10H9ClFN3/c1-7-3-2-4-9(12)10(7)15-8(5-11)6-13-14-15/h2-4,6H,5H2,1H3. The monoisotopic (exact) mass is 225 g/mol. The summed E-state index contributed by atoms with van der Waals surface area (Å²) < 4.78 is 15.0. The van der Waals surface area contributed by atoms with Crippen molar-refractivity contribution in [2.24, 2.45) is 0 Å². The zero-order chi connectivity index (χ0) is 10.8. The third-order valence-electron chi connectivity index (χ3n) is 2.16. The van der Waals surface area contributed by atoms with E-state index < -0.39 is 0 Å². The van der Waals surface area contributed by atoms with E-state index in [1.807, 2.05) is 13.0 Å². The van der Waals surface area contributed by atoms with Gasteiger partial charge in [-0.05, 0) is 18.6 Å². The maximum Gasteiger partial charge on any atom is 0.149 e. The Labute approximate surface area is 91.5 Å². The first-order valence-corrected chi connectivity index (χ1v) is 4.98. The van der Waals surface area contributed by atoms with E-state index in [0.717, 1.165) is 5.56 Å². The molecular weight excluding hydrogens is 217 g/mol. The number of benzene rings is 1. The minimum atomic E-state index is -0.327. The Kier molecular flexibility index (Phi) is 2.68. The molecule has 0 bridgehead atoms. The highest BCUT2D eigenvalue weighted by Gasteiger charge is 2.12. The number of aromatic nitrogens is 3. The van der Waals surface area contributed by atoms with Gasteiger partial charge < -0.3 is 0 Å². The molecule has 2 rings (SSSR count). The maximum absolute atomic E-state index is 13.6. The van der Waals surface area contributed by atoms with Gasteiger partial charge in [0.15, 0.2) is 0 Å². The molecule has 0 saturated carbocycles. The zero-order valence-electron chi connectivity index (χ0n) is 8.11. The van der Waals surface area contributed by atoms with Crippen LogP contribution in [-0.2, 0) is 5.88 Å². The fraction of sp³-hybridized carbons (Fsp3) is 0.200. The molecule has 1 heterocycles. The molecular formula is C10H9ClFN3. The Bertz CT molecular complexity index is 461. The molecule has 0 saturated heterocycles. The van der Waals surface area contributed by atoms with E-state index in [1.165, 1.54) is 16.9 Å². The summed E-state index contributed by atoms with van der Waals surface area (Å²) in [5, 5.41) is 7.53. The molecule has 0 aliphatic heterocycles. The molecule has 0 radical (unpaired) electrons. The van der Waals surface area contributed by atoms with Crippen LogP contribution in [0.25, 0.3) is 5.69 Å². The van der Waals surface area contributed by atoms with E-state index in [9.17, 15) is 4.39 Å². The van der Waals surface area contributed by atoms with Gasteiger partial charge in [-0.2, -0.15) is 0 Å². The molecule has 0 aliphatic carbocycles. The van der Waals surface area contributed by atoms with Gasteiger partial charge >= 0.3 is 0 Å². The van der Waals surface area contributed by atoms with E-state index in [1.54, 1.807) is 6.07 Å². The lowest BCUT2D eigenvalue weighted by atomic mass is 10.2. The van der Waals surface area contributed by atoms with Crippen LogP contribution in [0.15, 0.2) is 24.4 Å². The second-order valence-corrected chi connectivity index (χ2v) is 3.44. The first kappa shape index (κ1) is 10.1. The van der Waals surface area contributed by atoms with Crippen molar-refractivity contribution in [1.29, 1.82) is 0 Å². The van der Waals surface area contributed by atoms with Crippen molar-refractivity contribution < 1.29 is 4.39 Å². The molecule has 0 amide bonds. The van der Waals surface area contributed by atoms with Gasteiger partial charge in [0.2, 0.25) is 0 Å². The molecule has 5 heteroatoms. The van der Waals surface area contributed by atoms with Crippen LogP contribution >= 0.6 is 11.6 Å². The Balaban J connectivity index is 2.63. The molecule has 15 heavy (non-hydrogen) atoms. The lowest BCUT2D eigenvalue weighted by Gasteiger charge is -2.08. The van der Waals surface area contributed by atoms with Gasteiger partial charge in [0.25, 0.3) is 0 Å². The minimum Gasteiger partial charge on any atom is -0.213 e. The second kappa shape index (κ2) is 3.98. The smallest absolute Gasteiger partial charge is 0.149 e. The first-order valence-electron chi connectivity index (χ1n) is 4.45. The van der Waals surface area contributed by atoms with Crippen LogP contribution < -0.4 is 0 Å². The highest BCUT2D eigenvalue weighted by atomic mass is 35.5. The summed E-state index contributed by atoms with van der Waals surface area (Å²) in [4.78, 5) is 0. The SMILES string of the molecule is Cc1cccc(F)c1-n1nncc1CCl. The summed E-state index contributed by atoms with van der Waals surface area (Å²) in [6.07, 6.45) is 1.53. The highest BCUT2D eigenvalue weighted by molar-refractivity contribution is 6.16. The van der Waals surface area contributed by atoms with E-state index in [-0.39, 0.29) is 11.7 Å². The number of para-hydroxylation sites is 1. The summed E-state index contributed by atoms with van der Waals surface area (Å²) in [6.45, 7) is 1.82. The lowest BCUT2D eigenvalue weighted by molar-refractivity contribution is 0.602. The molecule has 1 aromatic carbocycles. The van der Waals surface area contributed by atoms with Crippen molar-refractivity contribution in [3.63, 3.8) is 0 Å². The van der Waals surface area contributed by atoms with Gasteiger partial charge in [0.1, 0.15) is 11.5 Å². The van der Waals surface area contributed by atoms with Gasteiger partial charge in [0.05, 0.1) is 17.8 Å². The van der Waals surface area contributed by atoms with E-state index in [0.29, 0.717) is 11.4 Å². The first-order chi connectivity index (χ1) is 7.24. The quantitative estimate of drug-likeness (QED) is 0.735. The van der Waals surface area contributed by atoms with Gasteiger partial charge in [-0.15, -0.1) is 16.7 Å². The summed E-state index contributed by atoms with van der Waals surface area (Å²) in [6, 6.07) is 4.87. The number of nitrogens with zero attached hydrogens (tertiary/aromatic N) is 3. The fourth-order valence-electron chi connectivity index (χ4n) is 1.43. The van der Waals surface area contributed by atoms with Gasteiger partial charge in [-0.1, -0.05) is 17.3 Å². The number of rotatable bonds is 2. The molecule has 78 valence electrons. The fourth-order valence-corrected chi connectivity index (χ4v) is 1.61. The molecule has 1 aromatic heterocycles. The number of hydrogen-bond acceptors (Lipinski definition) is 2. The van der Waals surface area contributed by atoms with Crippen molar-refractivity contribution >= 4 is 11.6 Å². The Morgan fingerprint density at radius 1 is 1.47 bits per heavy atom. The molecule has 2 aromatic rings. The van der Waals surface area contributed by atoms with Crippen LogP contribution in [0.2, 0.25) is 0 Å². The second-order valence-electron chi connectivity index (χ2n) is 3.18. The lowest BCUT2D eigenvalue weighted by Crippen LogP contribution is -2.05. The normalized spacial score (nSPS) is 10.6. The maximum atomic E-state index is 13.6. The van der Waals surface area contributed by atoms with E-state index in [4.69, 9.17) is 11.6 Å². The molecule has 0 fully saturated rings. The molecule has 0 atom stereocenters. The van der Waals surface area contributed by atoms with E-state index in [2.05, 4.69) is 10.3 Å². The highest BCUT2D eigenvalue weighted by Crippen LogP contribution is 2.19. The summed E-state index contributed by atoms with van der Waals surface area (Å²) in [5.41, 5.74) is 1.88.